The number of aromatic nitrogens is 6. The number of fused-ring (bicyclic) bond motifs is 1. The van der Waals surface area contributed by atoms with Gasteiger partial charge >= 0.3 is 5.91 Å². The Bertz CT molecular complexity index is 1510. The van der Waals surface area contributed by atoms with Crippen LogP contribution < -0.4 is 10.9 Å². The summed E-state index contributed by atoms with van der Waals surface area (Å²) in [5, 5.41) is 8.79. The van der Waals surface area contributed by atoms with Crippen LogP contribution in [0.1, 0.15) is 32.4 Å². The van der Waals surface area contributed by atoms with Crippen LogP contribution in [0.15, 0.2) is 72.9 Å². The lowest BCUT2D eigenvalue weighted by Gasteiger charge is -2.05. The van der Waals surface area contributed by atoms with Crippen molar-refractivity contribution in [2.45, 2.75) is 13.8 Å². The highest BCUT2D eigenvalue weighted by atomic mass is 16.2. The largest absolute Gasteiger partial charge is 0.309 e. The van der Waals surface area contributed by atoms with Gasteiger partial charge in [0.1, 0.15) is 5.69 Å². The van der Waals surface area contributed by atoms with Crippen LogP contribution in [0.5, 0.6) is 0 Å². The molecule has 0 unspecified atom stereocenters. The molecule has 0 saturated carbocycles. The summed E-state index contributed by atoms with van der Waals surface area (Å²) in [4.78, 5) is 34.1. The lowest BCUT2D eigenvalue weighted by molar-refractivity contribution is 0.0841. The summed E-state index contributed by atoms with van der Waals surface area (Å²) < 4.78 is 3.10. The second-order valence-electron chi connectivity index (χ2n) is 7.63. The molecule has 2 amide bonds. The summed E-state index contributed by atoms with van der Waals surface area (Å²) in [6.07, 6.45) is 1.62. The monoisotopic (exact) mass is 452 g/mol. The molecule has 5 aromatic rings. The highest BCUT2D eigenvalue weighted by Gasteiger charge is 2.21. The van der Waals surface area contributed by atoms with Gasteiger partial charge in [0.25, 0.3) is 11.7 Å². The Kier molecular flexibility index (Phi) is 5.30. The van der Waals surface area contributed by atoms with Crippen molar-refractivity contribution in [1.82, 2.24) is 40.2 Å². The third kappa shape index (κ3) is 3.99. The van der Waals surface area contributed by atoms with Gasteiger partial charge in [0, 0.05) is 23.1 Å². The normalized spacial score (nSPS) is 10.9. The molecule has 0 aliphatic rings. The standard InChI is InChI=1S/C24H20N8O2/c1-15-13-16(2)32-24(25-15)26-21(30-32)23(34)28-27-22(33)19-14-31(18-11-7-4-8-12-18)29-20(19)17-9-5-3-6-10-17/h3-14H,1-2H3,(H,27,33)(H,28,34). The van der Waals surface area contributed by atoms with Crippen LogP contribution in [0.3, 0.4) is 0 Å². The Balaban J connectivity index is 1.40. The van der Waals surface area contributed by atoms with E-state index in [9.17, 15) is 9.59 Å². The number of hydrogen-bond donors (Lipinski definition) is 2. The van der Waals surface area contributed by atoms with Gasteiger partial charge in [0.05, 0.1) is 11.3 Å². The SMILES string of the molecule is Cc1cc(C)n2nc(C(=O)NNC(=O)c3cn(-c4ccccc4)nc3-c3ccccc3)nc2n1. The average molecular weight is 452 g/mol. The van der Waals surface area contributed by atoms with Crippen molar-refractivity contribution in [1.29, 1.82) is 0 Å². The molecule has 3 aromatic heterocycles. The van der Waals surface area contributed by atoms with Gasteiger partial charge in [-0.25, -0.2) is 14.2 Å². The number of nitrogens with one attached hydrogen (secondary N) is 2. The van der Waals surface area contributed by atoms with Crippen LogP contribution in [0.25, 0.3) is 22.7 Å². The minimum absolute atomic E-state index is 0.107. The lowest BCUT2D eigenvalue weighted by Crippen LogP contribution is -2.42. The van der Waals surface area contributed by atoms with Gasteiger partial charge in [-0.15, -0.1) is 5.10 Å². The van der Waals surface area contributed by atoms with Crippen molar-refractivity contribution in [2.75, 3.05) is 0 Å². The molecule has 0 fully saturated rings. The average Bonchev–Trinajstić information content (AvgIpc) is 3.49. The van der Waals surface area contributed by atoms with E-state index in [1.54, 1.807) is 10.9 Å². The Morgan fingerprint density at radius 3 is 2.24 bits per heavy atom. The second kappa shape index (κ2) is 8.58. The van der Waals surface area contributed by atoms with E-state index in [1.807, 2.05) is 80.6 Å². The van der Waals surface area contributed by atoms with Crippen LogP contribution in [-0.4, -0.2) is 41.2 Å². The van der Waals surface area contributed by atoms with Crippen LogP contribution in [-0.2, 0) is 0 Å². The van der Waals surface area contributed by atoms with E-state index in [0.717, 1.165) is 22.6 Å². The Morgan fingerprint density at radius 2 is 1.50 bits per heavy atom. The fraction of sp³-hybridized carbons (Fsp3) is 0.0833. The summed E-state index contributed by atoms with van der Waals surface area (Å²) in [6, 6.07) is 20.6. The molecule has 0 saturated heterocycles. The zero-order chi connectivity index (χ0) is 23.7. The second-order valence-corrected chi connectivity index (χ2v) is 7.63. The summed E-state index contributed by atoms with van der Waals surface area (Å²) >= 11 is 0. The van der Waals surface area contributed by atoms with Crippen molar-refractivity contribution in [3.05, 3.63) is 95.7 Å². The van der Waals surface area contributed by atoms with E-state index in [2.05, 4.69) is 31.0 Å². The molecule has 0 atom stereocenters. The van der Waals surface area contributed by atoms with Crippen molar-refractivity contribution in [2.24, 2.45) is 0 Å². The van der Waals surface area contributed by atoms with E-state index < -0.39 is 11.8 Å². The first-order chi connectivity index (χ1) is 16.5. The number of rotatable bonds is 4. The van der Waals surface area contributed by atoms with E-state index in [0.29, 0.717) is 17.0 Å². The summed E-state index contributed by atoms with van der Waals surface area (Å²) in [5.41, 5.74) is 8.73. The number of amides is 2. The predicted molar refractivity (Wildman–Crippen MR) is 124 cm³/mol. The Morgan fingerprint density at radius 1 is 0.824 bits per heavy atom. The summed E-state index contributed by atoms with van der Waals surface area (Å²) in [7, 11) is 0. The van der Waals surface area contributed by atoms with Crippen molar-refractivity contribution in [3.63, 3.8) is 0 Å². The number of para-hydroxylation sites is 1. The van der Waals surface area contributed by atoms with Gasteiger partial charge in [-0.3, -0.25) is 20.4 Å². The molecule has 0 aliphatic heterocycles. The van der Waals surface area contributed by atoms with Gasteiger partial charge in [0.2, 0.25) is 5.82 Å². The molecule has 0 radical (unpaired) electrons. The van der Waals surface area contributed by atoms with Crippen LogP contribution in [0, 0.1) is 13.8 Å². The highest BCUT2D eigenvalue weighted by molar-refractivity contribution is 6.01. The van der Waals surface area contributed by atoms with Gasteiger partial charge in [0.15, 0.2) is 0 Å². The third-order valence-electron chi connectivity index (χ3n) is 5.14. The van der Waals surface area contributed by atoms with Gasteiger partial charge < -0.3 is 0 Å². The minimum Gasteiger partial charge on any atom is -0.267 e. The van der Waals surface area contributed by atoms with Crippen molar-refractivity contribution < 1.29 is 9.59 Å². The van der Waals surface area contributed by atoms with E-state index >= 15 is 0 Å². The van der Waals surface area contributed by atoms with E-state index in [-0.39, 0.29) is 5.82 Å². The number of carbonyl (C=O) groups is 2. The first-order valence-corrected chi connectivity index (χ1v) is 10.5. The zero-order valence-corrected chi connectivity index (χ0v) is 18.4. The number of hydrazine groups is 1. The van der Waals surface area contributed by atoms with Crippen LogP contribution >= 0.6 is 0 Å². The molecule has 0 spiro atoms. The maximum Gasteiger partial charge on any atom is 0.309 e. The number of hydrogen-bond acceptors (Lipinski definition) is 6. The fourth-order valence-corrected chi connectivity index (χ4v) is 3.56. The zero-order valence-electron chi connectivity index (χ0n) is 18.4. The van der Waals surface area contributed by atoms with Crippen molar-refractivity contribution >= 4 is 17.6 Å². The topological polar surface area (TPSA) is 119 Å². The molecule has 168 valence electrons. The minimum atomic E-state index is -0.660. The summed E-state index contributed by atoms with van der Waals surface area (Å²) in [5.74, 6) is -0.981. The predicted octanol–water partition coefficient (Wildman–Crippen LogP) is 2.67. The quantitative estimate of drug-likeness (QED) is 0.405. The lowest BCUT2D eigenvalue weighted by atomic mass is 10.1. The van der Waals surface area contributed by atoms with Gasteiger partial charge in [-0.1, -0.05) is 48.5 Å². The first-order valence-electron chi connectivity index (χ1n) is 10.5. The van der Waals surface area contributed by atoms with E-state index in [1.165, 1.54) is 4.52 Å². The van der Waals surface area contributed by atoms with Crippen molar-refractivity contribution in [3.8, 4) is 16.9 Å². The maximum absolute atomic E-state index is 13.1. The molecule has 10 nitrogen and oxygen atoms in total. The smallest absolute Gasteiger partial charge is 0.267 e. The molecule has 2 N–H and O–H groups in total. The number of aryl methyl sites for hydroxylation is 2. The molecule has 2 aromatic carbocycles. The third-order valence-corrected chi connectivity index (χ3v) is 5.14. The van der Waals surface area contributed by atoms with Crippen LogP contribution in [0.2, 0.25) is 0 Å². The molecular weight excluding hydrogens is 432 g/mol. The van der Waals surface area contributed by atoms with Crippen LogP contribution in [0.4, 0.5) is 0 Å². The molecule has 10 heteroatoms. The summed E-state index contributed by atoms with van der Waals surface area (Å²) in [6.45, 7) is 3.68. The fourth-order valence-electron chi connectivity index (χ4n) is 3.56. The highest BCUT2D eigenvalue weighted by Crippen LogP contribution is 2.23. The number of nitrogens with zero attached hydrogens (tertiary/aromatic N) is 6. The van der Waals surface area contributed by atoms with E-state index in [4.69, 9.17) is 0 Å². The maximum atomic E-state index is 13.1. The first kappa shape index (κ1) is 21.0. The Hall–Kier alpha value is -4.86. The van der Waals surface area contributed by atoms with Gasteiger partial charge in [-0.05, 0) is 32.0 Å². The molecular formula is C24H20N8O2. The molecule has 5 rings (SSSR count). The molecule has 0 bridgehead atoms. The van der Waals surface area contributed by atoms with Gasteiger partial charge in [-0.2, -0.15) is 10.1 Å². The molecule has 3 heterocycles. The number of carbonyl (C=O) groups excluding carboxylic acids is 2. The Labute approximate surface area is 194 Å². The molecule has 0 aliphatic carbocycles. The number of benzene rings is 2. The molecule has 34 heavy (non-hydrogen) atoms.